The van der Waals surface area contributed by atoms with Gasteiger partial charge in [0.2, 0.25) is 0 Å². The van der Waals surface area contributed by atoms with Gasteiger partial charge in [0.1, 0.15) is 11.4 Å². The summed E-state index contributed by atoms with van der Waals surface area (Å²) in [6.45, 7) is 3.37. The topological polar surface area (TPSA) is 38.5 Å². The van der Waals surface area contributed by atoms with Gasteiger partial charge in [-0.25, -0.2) is 0 Å². The Kier molecular flexibility index (Phi) is 2.83. The number of fused-ring (bicyclic) bond motifs is 1. The predicted octanol–water partition coefficient (Wildman–Crippen LogP) is 2.32. The van der Waals surface area contributed by atoms with Crippen molar-refractivity contribution >= 4 is 0 Å². The van der Waals surface area contributed by atoms with Crippen LogP contribution >= 0.6 is 0 Å². The molecule has 1 spiro atoms. The van der Waals surface area contributed by atoms with Crippen LogP contribution in [0.4, 0.5) is 0 Å². The molecular formula is C15H22N2O. The number of nitrogens with zero attached hydrogens (tertiary/aromatic N) is 1. The van der Waals surface area contributed by atoms with Crippen molar-refractivity contribution in [3.8, 4) is 5.75 Å². The Balaban J connectivity index is 1.89. The van der Waals surface area contributed by atoms with Crippen LogP contribution in [0.3, 0.4) is 0 Å². The van der Waals surface area contributed by atoms with Gasteiger partial charge < -0.3 is 15.4 Å². The monoisotopic (exact) mass is 246 g/mol. The number of nitrogens with two attached hydrogens (primary N) is 1. The summed E-state index contributed by atoms with van der Waals surface area (Å²) in [5, 5.41) is 0. The fraction of sp³-hybridized carbons (Fsp3) is 0.600. The minimum Gasteiger partial charge on any atom is -0.487 e. The maximum absolute atomic E-state index is 6.34. The Morgan fingerprint density at radius 3 is 2.89 bits per heavy atom. The first-order valence-corrected chi connectivity index (χ1v) is 6.83. The summed E-state index contributed by atoms with van der Waals surface area (Å²) in [5.41, 5.74) is 7.46. The normalized spacial score (nSPS) is 36.2. The summed E-state index contributed by atoms with van der Waals surface area (Å²) >= 11 is 0. The molecule has 0 bridgehead atoms. The van der Waals surface area contributed by atoms with Gasteiger partial charge in [-0.3, -0.25) is 0 Å². The van der Waals surface area contributed by atoms with Crippen molar-refractivity contribution in [1.82, 2.24) is 4.90 Å². The van der Waals surface area contributed by atoms with Crippen LogP contribution < -0.4 is 10.5 Å². The summed E-state index contributed by atoms with van der Waals surface area (Å²) in [6.07, 6.45) is 3.10. The van der Waals surface area contributed by atoms with E-state index >= 15 is 0 Å². The summed E-state index contributed by atoms with van der Waals surface area (Å²) in [5.74, 6) is 0.994. The van der Waals surface area contributed by atoms with Crippen molar-refractivity contribution in [3.63, 3.8) is 0 Å². The van der Waals surface area contributed by atoms with E-state index < -0.39 is 0 Å². The zero-order valence-electron chi connectivity index (χ0n) is 11.2. The number of benzene rings is 1. The van der Waals surface area contributed by atoms with Crippen LogP contribution in [0, 0.1) is 0 Å². The quantitative estimate of drug-likeness (QED) is 0.763. The van der Waals surface area contributed by atoms with Gasteiger partial charge in [-0.2, -0.15) is 0 Å². The highest BCUT2D eigenvalue weighted by Crippen LogP contribution is 2.44. The van der Waals surface area contributed by atoms with Crippen molar-refractivity contribution in [2.75, 3.05) is 13.6 Å². The van der Waals surface area contributed by atoms with Gasteiger partial charge in [0.25, 0.3) is 0 Å². The summed E-state index contributed by atoms with van der Waals surface area (Å²) in [6, 6.07) is 8.90. The standard InChI is InChI=1S/C15H22N2O/c1-11-9-15(7-8-17(11)2)10-13(16)12-5-3-4-6-14(12)18-15/h3-6,11,13H,7-10,16H2,1-2H3/t11?,13-,15?/m1/s1. The van der Waals surface area contributed by atoms with Crippen LogP contribution in [-0.4, -0.2) is 30.1 Å². The molecule has 0 amide bonds. The second-order valence-corrected chi connectivity index (χ2v) is 5.92. The lowest BCUT2D eigenvalue weighted by molar-refractivity contribution is -0.0357. The van der Waals surface area contributed by atoms with E-state index in [1.54, 1.807) is 0 Å². The minimum atomic E-state index is -0.0420. The van der Waals surface area contributed by atoms with Crippen LogP contribution in [0.2, 0.25) is 0 Å². The van der Waals surface area contributed by atoms with E-state index in [0.717, 1.165) is 37.1 Å². The van der Waals surface area contributed by atoms with E-state index in [2.05, 4.69) is 31.0 Å². The fourth-order valence-corrected chi connectivity index (χ4v) is 3.34. The average molecular weight is 246 g/mol. The van der Waals surface area contributed by atoms with Gasteiger partial charge in [0.15, 0.2) is 0 Å². The molecule has 0 saturated carbocycles. The summed E-state index contributed by atoms with van der Waals surface area (Å²) in [4.78, 5) is 2.40. The highest BCUT2D eigenvalue weighted by atomic mass is 16.5. The lowest BCUT2D eigenvalue weighted by atomic mass is 9.78. The van der Waals surface area contributed by atoms with Gasteiger partial charge in [-0.05, 0) is 26.5 Å². The molecule has 3 heteroatoms. The van der Waals surface area contributed by atoms with Crippen molar-refractivity contribution in [3.05, 3.63) is 29.8 Å². The molecule has 0 aliphatic carbocycles. The van der Waals surface area contributed by atoms with Crippen molar-refractivity contribution in [2.45, 2.75) is 43.9 Å². The molecule has 2 aliphatic rings. The van der Waals surface area contributed by atoms with Crippen molar-refractivity contribution in [2.24, 2.45) is 5.73 Å². The molecule has 2 heterocycles. The minimum absolute atomic E-state index is 0.0420. The van der Waals surface area contributed by atoms with Gasteiger partial charge in [0, 0.05) is 37.0 Å². The zero-order chi connectivity index (χ0) is 12.8. The van der Waals surface area contributed by atoms with Crippen LogP contribution in [-0.2, 0) is 0 Å². The van der Waals surface area contributed by atoms with Gasteiger partial charge in [-0.15, -0.1) is 0 Å². The Morgan fingerprint density at radius 1 is 1.33 bits per heavy atom. The molecule has 3 rings (SSSR count). The smallest absolute Gasteiger partial charge is 0.124 e. The van der Waals surface area contributed by atoms with Gasteiger partial charge in [-0.1, -0.05) is 18.2 Å². The Bertz CT molecular complexity index is 448. The molecule has 0 radical (unpaired) electrons. The predicted molar refractivity (Wildman–Crippen MR) is 72.7 cm³/mol. The molecule has 2 N–H and O–H groups in total. The molecule has 2 unspecified atom stereocenters. The second kappa shape index (κ2) is 4.25. The lowest BCUT2D eigenvalue weighted by Gasteiger charge is -2.48. The molecule has 3 atom stereocenters. The molecule has 0 aromatic heterocycles. The van der Waals surface area contributed by atoms with Crippen molar-refractivity contribution < 1.29 is 4.74 Å². The number of hydrogen-bond acceptors (Lipinski definition) is 3. The average Bonchev–Trinajstić information content (AvgIpc) is 2.35. The Labute approximate surface area is 109 Å². The summed E-state index contributed by atoms with van der Waals surface area (Å²) in [7, 11) is 2.19. The van der Waals surface area contributed by atoms with Gasteiger partial charge in [0.05, 0.1) is 0 Å². The molecule has 1 aromatic carbocycles. The highest BCUT2D eigenvalue weighted by molar-refractivity contribution is 5.38. The van der Waals surface area contributed by atoms with Gasteiger partial charge >= 0.3 is 0 Å². The van der Waals surface area contributed by atoms with Crippen LogP contribution in [0.1, 0.15) is 37.8 Å². The first-order chi connectivity index (χ1) is 8.60. The van der Waals surface area contributed by atoms with Crippen molar-refractivity contribution in [1.29, 1.82) is 0 Å². The van der Waals surface area contributed by atoms with Crippen LogP contribution in [0.15, 0.2) is 24.3 Å². The van der Waals surface area contributed by atoms with E-state index in [-0.39, 0.29) is 11.6 Å². The molecule has 1 aromatic rings. The third-order valence-electron chi connectivity index (χ3n) is 4.58. The largest absolute Gasteiger partial charge is 0.487 e. The third-order valence-corrected chi connectivity index (χ3v) is 4.58. The van der Waals surface area contributed by atoms with E-state index in [4.69, 9.17) is 10.5 Å². The van der Waals surface area contributed by atoms with E-state index in [1.165, 1.54) is 0 Å². The number of likely N-dealkylation sites (tertiary alicyclic amines) is 1. The maximum atomic E-state index is 6.34. The molecule has 1 saturated heterocycles. The van der Waals surface area contributed by atoms with Crippen LogP contribution in [0.5, 0.6) is 5.75 Å². The number of ether oxygens (including phenoxy) is 1. The van der Waals surface area contributed by atoms with E-state index in [9.17, 15) is 0 Å². The maximum Gasteiger partial charge on any atom is 0.124 e. The SMILES string of the molecule is CC1CC2(CCN1C)C[C@@H](N)c1ccccc1O2. The first-order valence-electron chi connectivity index (χ1n) is 6.83. The molecular weight excluding hydrogens is 224 g/mol. The molecule has 2 aliphatic heterocycles. The van der Waals surface area contributed by atoms with E-state index in [1.807, 2.05) is 12.1 Å². The molecule has 98 valence electrons. The Hall–Kier alpha value is -1.06. The third kappa shape index (κ3) is 1.91. The second-order valence-electron chi connectivity index (χ2n) is 5.92. The number of hydrogen-bond donors (Lipinski definition) is 1. The fourth-order valence-electron chi connectivity index (χ4n) is 3.34. The van der Waals surface area contributed by atoms with Crippen LogP contribution in [0.25, 0.3) is 0 Å². The molecule has 1 fully saturated rings. The summed E-state index contributed by atoms with van der Waals surface area (Å²) < 4.78 is 6.34. The number of para-hydroxylation sites is 1. The first kappa shape index (κ1) is 12.0. The number of rotatable bonds is 0. The lowest BCUT2D eigenvalue weighted by Crippen LogP contribution is -2.53. The van der Waals surface area contributed by atoms with E-state index in [0.29, 0.717) is 6.04 Å². The number of piperidine rings is 1. The Morgan fingerprint density at radius 2 is 2.11 bits per heavy atom. The highest BCUT2D eigenvalue weighted by Gasteiger charge is 2.43. The molecule has 18 heavy (non-hydrogen) atoms. The zero-order valence-corrected chi connectivity index (χ0v) is 11.2. The molecule has 3 nitrogen and oxygen atoms in total.